The summed E-state index contributed by atoms with van der Waals surface area (Å²) in [6.07, 6.45) is 6.08. The SMILES string of the molecule is O=C(Nc1ccc2scnc2c1)C1CC2CCCCC2N1. The molecule has 4 rings (SSSR count). The Bertz CT molecular complexity index is 654. The first-order chi connectivity index (χ1) is 10.3. The van der Waals surface area contributed by atoms with Crippen molar-refractivity contribution in [2.45, 2.75) is 44.2 Å². The second-order valence-electron chi connectivity index (χ2n) is 6.13. The predicted octanol–water partition coefficient (Wildman–Crippen LogP) is 3.16. The van der Waals surface area contributed by atoms with Gasteiger partial charge in [-0.25, -0.2) is 4.98 Å². The lowest BCUT2D eigenvalue weighted by Gasteiger charge is -2.24. The van der Waals surface area contributed by atoms with Crippen LogP contribution in [0, 0.1) is 5.92 Å². The number of carbonyl (C=O) groups is 1. The molecular formula is C16H19N3OS. The van der Waals surface area contributed by atoms with Gasteiger partial charge in [0, 0.05) is 11.7 Å². The van der Waals surface area contributed by atoms with E-state index in [1.165, 1.54) is 25.7 Å². The number of amides is 1. The third-order valence-corrected chi connectivity index (χ3v) is 5.59. The minimum atomic E-state index is -0.0377. The maximum absolute atomic E-state index is 12.4. The lowest BCUT2D eigenvalue weighted by molar-refractivity contribution is -0.117. The number of hydrogen-bond acceptors (Lipinski definition) is 4. The fourth-order valence-electron chi connectivity index (χ4n) is 3.69. The minimum absolute atomic E-state index is 0.0377. The van der Waals surface area contributed by atoms with Gasteiger partial charge < -0.3 is 10.6 Å². The number of nitrogens with one attached hydrogen (secondary N) is 2. The van der Waals surface area contributed by atoms with E-state index >= 15 is 0 Å². The summed E-state index contributed by atoms with van der Waals surface area (Å²) in [5.41, 5.74) is 3.63. The van der Waals surface area contributed by atoms with Crippen LogP contribution in [0.5, 0.6) is 0 Å². The van der Waals surface area contributed by atoms with Crippen molar-refractivity contribution < 1.29 is 4.79 Å². The Morgan fingerprint density at radius 2 is 2.24 bits per heavy atom. The number of rotatable bonds is 2. The number of benzene rings is 1. The molecule has 2 heterocycles. The highest BCUT2D eigenvalue weighted by Crippen LogP contribution is 2.33. The molecule has 2 aliphatic rings. The highest BCUT2D eigenvalue weighted by molar-refractivity contribution is 7.16. The Balaban J connectivity index is 1.45. The summed E-state index contributed by atoms with van der Waals surface area (Å²) in [7, 11) is 0. The number of thiazole rings is 1. The number of fused-ring (bicyclic) bond motifs is 2. The second kappa shape index (κ2) is 5.39. The molecule has 3 unspecified atom stereocenters. The van der Waals surface area contributed by atoms with Gasteiger partial charge in [-0.1, -0.05) is 12.8 Å². The van der Waals surface area contributed by atoms with Gasteiger partial charge in [-0.15, -0.1) is 11.3 Å². The molecule has 0 bridgehead atoms. The van der Waals surface area contributed by atoms with Crippen molar-refractivity contribution >= 4 is 33.1 Å². The lowest BCUT2D eigenvalue weighted by Crippen LogP contribution is -2.39. The maximum Gasteiger partial charge on any atom is 0.241 e. The van der Waals surface area contributed by atoms with E-state index in [1.54, 1.807) is 11.3 Å². The average molecular weight is 301 g/mol. The van der Waals surface area contributed by atoms with Crippen LogP contribution in [0.2, 0.25) is 0 Å². The van der Waals surface area contributed by atoms with Crippen molar-refractivity contribution in [3.05, 3.63) is 23.7 Å². The molecule has 0 radical (unpaired) electrons. The maximum atomic E-state index is 12.4. The van der Waals surface area contributed by atoms with Gasteiger partial charge in [-0.2, -0.15) is 0 Å². The van der Waals surface area contributed by atoms with E-state index in [-0.39, 0.29) is 11.9 Å². The molecule has 1 saturated heterocycles. The van der Waals surface area contributed by atoms with E-state index in [0.29, 0.717) is 12.0 Å². The molecule has 2 aromatic rings. The first kappa shape index (κ1) is 13.2. The number of hydrogen-bond donors (Lipinski definition) is 2. The molecule has 2 fully saturated rings. The van der Waals surface area contributed by atoms with E-state index in [0.717, 1.165) is 22.3 Å². The standard InChI is InChI=1S/C16H19N3OS/c20-16(14-7-10-3-1-2-4-12(10)19-14)18-11-5-6-15-13(8-11)17-9-21-15/h5-6,8-10,12,14,19H,1-4,7H2,(H,18,20). The Kier molecular flexibility index (Phi) is 3.39. The largest absolute Gasteiger partial charge is 0.325 e. The van der Waals surface area contributed by atoms with Crippen LogP contribution in [-0.4, -0.2) is 23.0 Å². The van der Waals surface area contributed by atoms with Crippen molar-refractivity contribution in [1.29, 1.82) is 0 Å². The molecule has 1 amide bonds. The molecule has 5 heteroatoms. The zero-order chi connectivity index (χ0) is 14.2. The molecule has 1 saturated carbocycles. The van der Waals surface area contributed by atoms with E-state index in [4.69, 9.17) is 0 Å². The molecule has 1 aromatic heterocycles. The normalized spacial score (nSPS) is 28.5. The quantitative estimate of drug-likeness (QED) is 0.896. The van der Waals surface area contributed by atoms with Gasteiger partial charge in [0.2, 0.25) is 5.91 Å². The lowest BCUT2D eigenvalue weighted by atomic mass is 9.85. The van der Waals surface area contributed by atoms with E-state index in [1.807, 2.05) is 23.7 Å². The van der Waals surface area contributed by atoms with E-state index in [9.17, 15) is 4.79 Å². The van der Waals surface area contributed by atoms with Crippen molar-refractivity contribution in [2.24, 2.45) is 5.92 Å². The Morgan fingerprint density at radius 1 is 1.33 bits per heavy atom. The summed E-state index contributed by atoms with van der Waals surface area (Å²) in [6.45, 7) is 0. The highest BCUT2D eigenvalue weighted by atomic mass is 32.1. The molecule has 0 spiro atoms. The number of aromatic nitrogens is 1. The van der Waals surface area contributed by atoms with Crippen molar-refractivity contribution in [1.82, 2.24) is 10.3 Å². The topological polar surface area (TPSA) is 54.0 Å². The van der Waals surface area contributed by atoms with Crippen LogP contribution in [-0.2, 0) is 4.79 Å². The molecule has 3 atom stereocenters. The van der Waals surface area contributed by atoms with Gasteiger partial charge in [-0.05, 0) is 43.4 Å². The summed E-state index contributed by atoms with van der Waals surface area (Å²) in [5, 5.41) is 6.56. The number of nitrogens with zero attached hydrogens (tertiary/aromatic N) is 1. The second-order valence-corrected chi connectivity index (χ2v) is 7.02. The number of carbonyl (C=O) groups excluding carboxylic acids is 1. The molecule has 110 valence electrons. The van der Waals surface area contributed by atoms with Crippen LogP contribution in [0.1, 0.15) is 32.1 Å². The number of anilines is 1. The van der Waals surface area contributed by atoms with Gasteiger partial charge in [0.15, 0.2) is 0 Å². The summed E-state index contributed by atoms with van der Waals surface area (Å²) >= 11 is 1.62. The third kappa shape index (κ3) is 2.56. The highest BCUT2D eigenvalue weighted by Gasteiger charge is 2.38. The minimum Gasteiger partial charge on any atom is -0.325 e. The Hall–Kier alpha value is -1.46. The van der Waals surface area contributed by atoms with Gasteiger partial charge in [0.05, 0.1) is 21.8 Å². The van der Waals surface area contributed by atoms with Gasteiger partial charge >= 0.3 is 0 Å². The van der Waals surface area contributed by atoms with Crippen LogP contribution in [0.15, 0.2) is 23.7 Å². The zero-order valence-corrected chi connectivity index (χ0v) is 12.7. The third-order valence-electron chi connectivity index (χ3n) is 4.78. The fraction of sp³-hybridized carbons (Fsp3) is 0.500. The zero-order valence-electron chi connectivity index (χ0n) is 11.8. The summed E-state index contributed by atoms with van der Waals surface area (Å²) in [5.74, 6) is 0.787. The van der Waals surface area contributed by atoms with Crippen LogP contribution < -0.4 is 10.6 Å². The average Bonchev–Trinajstić information content (AvgIpc) is 3.13. The first-order valence-corrected chi connectivity index (χ1v) is 8.58. The molecule has 1 aliphatic heterocycles. The Morgan fingerprint density at radius 3 is 3.14 bits per heavy atom. The summed E-state index contributed by atoms with van der Waals surface area (Å²) in [6, 6.07) is 6.44. The predicted molar refractivity (Wildman–Crippen MR) is 85.5 cm³/mol. The molecule has 4 nitrogen and oxygen atoms in total. The molecule has 1 aromatic carbocycles. The van der Waals surface area contributed by atoms with E-state index < -0.39 is 0 Å². The Labute approximate surface area is 128 Å². The van der Waals surface area contributed by atoms with Gasteiger partial charge in [0.25, 0.3) is 0 Å². The van der Waals surface area contributed by atoms with E-state index in [2.05, 4.69) is 15.6 Å². The van der Waals surface area contributed by atoms with Crippen LogP contribution in [0.25, 0.3) is 10.2 Å². The first-order valence-electron chi connectivity index (χ1n) is 7.70. The fourth-order valence-corrected chi connectivity index (χ4v) is 4.34. The van der Waals surface area contributed by atoms with Gasteiger partial charge in [-0.3, -0.25) is 4.79 Å². The molecule has 1 aliphatic carbocycles. The van der Waals surface area contributed by atoms with Crippen molar-refractivity contribution in [3.8, 4) is 0 Å². The summed E-state index contributed by atoms with van der Waals surface area (Å²) < 4.78 is 1.15. The van der Waals surface area contributed by atoms with Crippen molar-refractivity contribution in [3.63, 3.8) is 0 Å². The van der Waals surface area contributed by atoms with Crippen LogP contribution in [0.3, 0.4) is 0 Å². The van der Waals surface area contributed by atoms with Crippen molar-refractivity contribution in [2.75, 3.05) is 5.32 Å². The van der Waals surface area contributed by atoms with Crippen LogP contribution >= 0.6 is 11.3 Å². The van der Waals surface area contributed by atoms with Crippen LogP contribution in [0.4, 0.5) is 5.69 Å². The monoisotopic (exact) mass is 301 g/mol. The molecule has 2 N–H and O–H groups in total. The smallest absolute Gasteiger partial charge is 0.241 e. The molecule has 21 heavy (non-hydrogen) atoms. The summed E-state index contributed by atoms with van der Waals surface area (Å²) in [4.78, 5) is 16.7. The van der Waals surface area contributed by atoms with Gasteiger partial charge in [0.1, 0.15) is 0 Å². The molecular weight excluding hydrogens is 282 g/mol.